The summed E-state index contributed by atoms with van der Waals surface area (Å²) in [6.45, 7) is 2.37. The number of para-hydroxylation sites is 3. The number of hydrogen-bond donors (Lipinski definition) is 0. The van der Waals surface area contributed by atoms with Crippen LogP contribution in [0.15, 0.2) is 194 Å². The number of thiophene rings is 1. The molecular formula is C55H38N2S. The fraction of sp³-hybridized carbons (Fsp3) is 0.0545. The molecule has 1 aliphatic carbocycles. The summed E-state index contributed by atoms with van der Waals surface area (Å²) in [6.07, 6.45) is 3.52. The van der Waals surface area contributed by atoms with Gasteiger partial charge in [0.25, 0.3) is 0 Å². The zero-order chi connectivity index (χ0) is 38.3. The summed E-state index contributed by atoms with van der Waals surface area (Å²) < 4.78 is 7.65. The van der Waals surface area contributed by atoms with E-state index in [0.29, 0.717) is 5.92 Å². The number of rotatable bonds is 5. The van der Waals surface area contributed by atoms with Gasteiger partial charge in [0.05, 0.1) is 16.6 Å². The quantitative estimate of drug-likeness (QED) is 0.165. The Bertz CT molecular complexity index is 3430. The lowest BCUT2D eigenvalue weighted by atomic mass is 9.83. The van der Waals surface area contributed by atoms with Crippen LogP contribution in [0, 0.1) is 5.92 Å². The first-order chi connectivity index (χ1) is 28.7. The largest absolute Gasteiger partial charge is 0.313 e. The van der Waals surface area contributed by atoms with Crippen molar-refractivity contribution in [2.24, 2.45) is 5.92 Å². The molecule has 2 nitrogen and oxygen atoms in total. The van der Waals surface area contributed by atoms with Crippen molar-refractivity contribution in [2.45, 2.75) is 13.3 Å². The molecule has 12 rings (SSSR count). The van der Waals surface area contributed by atoms with E-state index in [1.807, 2.05) is 11.3 Å². The van der Waals surface area contributed by atoms with E-state index in [1.54, 1.807) is 0 Å². The molecule has 0 fully saturated rings. The molecule has 58 heavy (non-hydrogen) atoms. The van der Waals surface area contributed by atoms with Gasteiger partial charge in [-0.2, -0.15) is 0 Å². The highest BCUT2D eigenvalue weighted by Gasteiger charge is 2.29. The number of nitrogens with zero attached hydrogens (tertiary/aromatic N) is 2. The van der Waals surface area contributed by atoms with Crippen molar-refractivity contribution in [1.29, 1.82) is 0 Å². The Labute approximate surface area is 341 Å². The van der Waals surface area contributed by atoms with Crippen LogP contribution in [0.25, 0.3) is 92.1 Å². The zero-order valence-electron chi connectivity index (χ0n) is 32.1. The minimum Gasteiger partial charge on any atom is -0.313 e. The summed E-state index contributed by atoms with van der Waals surface area (Å²) in [6, 6.07) is 69.4. The minimum atomic E-state index is 0.376. The van der Waals surface area contributed by atoms with Gasteiger partial charge in [-0.1, -0.05) is 146 Å². The summed E-state index contributed by atoms with van der Waals surface area (Å²) in [5, 5.41) is 6.46. The molecule has 0 bridgehead atoms. The van der Waals surface area contributed by atoms with Gasteiger partial charge in [0, 0.05) is 64.5 Å². The molecule has 8 aromatic carbocycles. The molecule has 1 aliphatic rings. The molecule has 0 N–H and O–H groups in total. The van der Waals surface area contributed by atoms with Crippen molar-refractivity contribution >= 4 is 69.8 Å². The molecule has 274 valence electrons. The van der Waals surface area contributed by atoms with Crippen molar-refractivity contribution in [3.63, 3.8) is 0 Å². The van der Waals surface area contributed by atoms with Gasteiger partial charge >= 0.3 is 0 Å². The Morgan fingerprint density at radius 2 is 1.10 bits per heavy atom. The van der Waals surface area contributed by atoms with Crippen molar-refractivity contribution in [1.82, 2.24) is 9.13 Å². The lowest BCUT2D eigenvalue weighted by Gasteiger charge is -2.23. The molecule has 0 saturated heterocycles. The molecular weight excluding hydrogens is 721 g/mol. The van der Waals surface area contributed by atoms with E-state index < -0.39 is 0 Å². The van der Waals surface area contributed by atoms with Crippen molar-refractivity contribution in [2.75, 3.05) is 0 Å². The molecule has 11 aromatic rings. The molecule has 0 spiro atoms. The summed E-state index contributed by atoms with van der Waals surface area (Å²) in [5.74, 6) is 0.376. The molecule has 1 unspecified atom stereocenters. The highest BCUT2D eigenvalue weighted by Crippen LogP contribution is 2.47. The third kappa shape index (κ3) is 5.03. The average molecular weight is 759 g/mol. The average Bonchev–Trinajstić information content (AvgIpc) is 3.94. The monoisotopic (exact) mass is 758 g/mol. The number of benzene rings is 8. The highest BCUT2D eigenvalue weighted by molar-refractivity contribution is 7.26. The Kier molecular flexibility index (Phi) is 7.48. The predicted molar refractivity (Wildman–Crippen MR) is 248 cm³/mol. The van der Waals surface area contributed by atoms with Crippen LogP contribution in [0.1, 0.15) is 23.7 Å². The summed E-state index contributed by atoms with van der Waals surface area (Å²) in [7, 11) is 0. The van der Waals surface area contributed by atoms with Crippen LogP contribution in [-0.2, 0) is 6.42 Å². The van der Waals surface area contributed by atoms with Crippen molar-refractivity contribution < 1.29 is 0 Å². The number of hydrogen-bond acceptors (Lipinski definition) is 1. The lowest BCUT2D eigenvalue weighted by Crippen LogP contribution is -2.11. The van der Waals surface area contributed by atoms with E-state index in [1.165, 1.54) is 109 Å². The van der Waals surface area contributed by atoms with Crippen molar-refractivity contribution in [3.8, 4) is 33.6 Å². The maximum Gasteiger partial charge on any atom is 0.0547 e. The van der Waals surface area contributed by atoms with Crippen LogP contribution < -0.4 is 0 Å². The first kappa shape index (κ1) is 33.2. The summed E-state index contributed by atoms with van der Waals surface area (Å²) in [4.78, 5) is 0. The van der Waals surface area contributed by atoms with Crippen LogP contribution >= 0.6 is 11.3 Å². The number of allylic oxidation sites excluding steroid dienone is 1. The van der Waals surface area contributed by atoms with Crippen LogP contribution in [0.3, 0.4) is 0 Å². The number of fused-ring (bicyclic) bond motifs is 9. The van der Waals surface area contributed by atoms with Crippen LogP contribution in [-0.4, -0.2) is 9.13 Å². The highest BCUT2D eigenvalue weighted by atomic mass is 32.1. The fourth-order valence-corrected chi connectivity index (χ4v) is 11.0. The van der Waals surface area contributed by atoms with E-state index >= 15 is 0 Å². The second-order valence-corrected chi connectivity index (χ2v) is 16.8. The molecule has 0 aliphatic heterocycles. The fourth-order valence-electron chi connectivity index (χ4n) is 9.79. The zero-order valence-corrected chi connectivity index (χ0v) is 32.9. The standard InChI is InChI=1S/C55H38N2S/c1-35-30-46(54-44-24-9-11-26-48(44)56(51(54)31-35)39-20-6-3-7-21-39)42-25-15-28-50-53(42)43-23-8-12-27-49(43)57(50)40-33-45(55-47(34-40)41-22-10-13-29-52(41)58-55)38-19-14-18-37(32-38)36-16-4-2-5-17-36/h2-30,32-35H,31H2,1H3. The summed E-state index contributed by atoms with van der Waals surface area (Å²) in [5.41, 5.74) is 16.4. The molecule has 3 heterocycles. The Hall–Kier alpha value is -6.94. The Morgan fingerprint density at radius 1 is 0.466 bits per heavy atom. The van der Waals surface area contributed by atoms with E-state index in [4.69, 9.17) is 0 Å². The normalized spacial score (nSPS) is 14.2. The van der Waals surface area contributed by atoms with Gasteiger partial charge in [0.2, 0.25) is 0 Å². The predicted octanol–water partition coefficient (Wildman–Crippen LogP) is 15.1. The van der Waals surface area contributed by atoms with Crippen LogP contribution in [0.5, 0.6) is 0 Å². The van der Waals surface area contributed by atoms with E-state index in [-0.39, 0.29) is 0 Å². The molecule has 0 saturated carbocycles. The van der Waals surface area contributed by atoms with Gasteiger partial charge in [0.15, 0.2) is 0 Å². The Morgan fingerprint density at radius 3 is 1.93 bits per heavy atom. The number of aromatic nitrogens is 2. The van der Waals surface area contributed by atoms with E-state index in [0.717, 1.165) is 6.42 Å². The van der Waals surface area contributed by atoms with E-state index in [2.05, 4.69) is 210 Å². The van der Waals surface area contributed by atoms with Gasteiger partial charge in [-0.25, -0.2) is 0 Å². The Balaban J connectivity index is 1.13. The van der Waals surface area contributed by atoms with Gasteiger partial charge in [-0.3, -0.25) is 0 Å². The second-order valence-electron chi connectivity index (χ2n) is 15.7. The second kappa shape index (κ2) is 13.1. The maximum atomic E-state index is 2.53. The SMILES string of the molecule is CC1C=C(c2cccc3c2c2ccccc2n3-c2cc(-c3cccc(-c4ccccc4)c3)c3sc4ccccc4c3c2)c2c(n(-c3ccccc3)c3ccccc23)C1. The first-order valence-electron chi connectivity index (χ1n) is 20.2. The molecule has 3 heteroatoms. The third-order valence-corrected chi connectivity index (χ3v) is 13.4. The molecule has 1 atom stereocenters. The van der Waals surface area contributed by atoms with Gasteiger partial charge in [-0.05, 0) is 94.8 Å². The topological polar surface area (TPSA) is 9.86 Å². The summed E-state index contributed by atoms with van der Waals surface area (Å²) >= 11 is 1.90. The molecule has 0 radical (unpaired) electrons. The lowest BCUT2D eigenvalue weighted by molar-refractivity contribution is 0.687. The minimum absolute atomic E-state index is 0.376. The van der Waals surface area contributed by atoms with Crippen LogP contribution in [0.4, 0.5) is 0 Å². The molecule has 3 aromatic heterocycles. The van der Waals surface area contributed by atoms with Gasteiger partial charge in [-0.15, -0.1) is 11.3 Å². The van der Waals surface area contributed by atoms with E-state index in [9.17, 15) is 0 Å². The molecule has 0 amide bonds. The van der Waals surface area contributed by atoms with Gasteiger partial charge < -0.3 is 9.13 Å². The maximum absolute atomic E-state index is 2.53. The smallest absolute Gasteiger partial charge is 0.0547 e. The van der Waals surface area contributed by atoms with Crippen LogP contribution in [0.2, 0.25) is 0 Å². The van der Waals surface area contributed by atoms with Crippen molar-refractivity contribution in [3.05, 3.63) is 211 Å². The first-order valence-corrected chi connectivity index (χ1v) is 21.1. The van der Waals surface area contributed by atoms with Gasteiger partial charge in [0.1, 0.15) is 0 Å². The third-order valence-electron chi connectivity index (χ3n) is 12.2.